The molecule has 15 heavy (non-hydrogen) atoms. The average molecular weight is 215 g/mol. The predicted octanol–water partition coefficient (Wildman–Crippen LogP) is 1.35. The molecule has 0 saturated heterocycles. The summed E-state index contributed by atoms with van der Waals surface area (Å²) < 4.78 is 0. The third-order valence-electron chi connectivity index (χ3n) is 3.29. The lowest BCUT2D eigenvalue weighted by Crippen LogP contribution is -2.31. The zero-order chi connectivity index (χ0) is 11.7. The average Bonchev–Trinajstić information content (AvgIpc) is 2.28. The second-order valence-electron chi connectivity index (χ2n) is 4.52. The monoisotopic (exact) mass is 215 g/mol. The molecule has 0 rings (SSSR count). The predicted molar refractivity (Wildman–Crippen MR) is 68.4 cm³/mol. The molecule has 0 aromatic carbocycles. The van der Waals surface area contributed by atoms with E-state index in [0.29, 0.717) is 18.1 Å². The maximum Gasteiger partial charge on any atom is 0.00652 e. The third-order valence-corrected chi connectivity index (χ3v) is 3.29. The number of rotatable bonds is 9. The second-order valence-corrected chi connectivity index (χ2v) is 4.52. The van der Waals surface area contributed by atoms with Crippen molar-refractivity contribution in [2.75, 3.05) is 21.1 Å². The van der Waals surface area contributed by atoms with Gasteiger partial charge in [0.2, 0.25) is 0 Å². The van der Waals surface area contributed by atoms with Crippen molar-refractivity contribution >= 4 is 0 Å². The minimum absolute atomic E-state index is 0.627. The second kappa shape index (κ2) is 9.13. The zero-order valence-corrected chi connectivity index (χ0v) is 11.1. The molecule has 0 aromatic rings. The van der Waals surface area contributed by atoms with Crippen LogP contribution in [0.25, 0.3) is 0 Å². The lowest BCUT2D eigenvalue weighted by molar-refractivity contribution is 0.405. The topological polar surface area (TPSA) is 36.1 Å². The maximum atomic E-state index is 3.41. The molecule has 2 unspecified atom stereocenters. The van der Waals surface area contributed by atoms with Crippen LogP contribution in [0.15, 0.2) is 0 Å². The van der Waals surface area contributed by atoms with Crippen molar-refractivity contribution in [3.8, 4) is 0 Å². The molecule has 2 atom stereocenters. The summed E-state index contributed by atoms with van der Waals surface area (Å²) in [6, 6.07) is 1.92. The molecule has 0 bridgehead atoms. The smallest absolute Gasteiger partial charge is 0.00652 e. The maximum absolute atomic E-state index is 3.41. The Labute approximate surface area is 95.4 Å². The fraction of sp³-hybridized carbons (Fsp3) is 1.00. The van der Waals surface area contributed by atoms with E-state index in [2.05, 4.69) is 36.8 Å². The fourth-order valence-electron chi connectivity index (χ4n) is 1.62. The van der Waals surface area contributed by atoms with Crippen molar-refractivity contribution in [3.63, 3.8) is 0 Å². The Morgan fingerprint density at radius 3 is 1.33 bits per heavy atom. The largest absolute Gasteiger partial charge is 0.317 e. The SMILES string of the molecule is CNC(C)CCC(CCC(C)NC)NC. The molecule has 3 N–H and O–H groups in total. The van der Waals surface area contributed by atoms with E-state index in [1.54, 1.807) is 0 Å². The Balaban J connectivity index is 3.63. The zero-order valence-electron chi connectivity index (χ0n) is 11.1. The van der Waals surface area contributed by atoms with Crippen LogP contribution in [0, 0.1) is 0 Å². The van der Waals surface area contributed by atoms with Gasteiger partial charge in [0.05, 0.1) is 0 Å². The first-order chi connectivity index (χ1) is 7.13. The number of hydrogen-bond acceptors (Lipinski definition) is 3. The number of hydrogen-bond donors (Lipinski definition) is 3. The molecule has 0 aliphatic carbocycles. The van der Waals surface area contributed by atoms with E-state index >= 15 is 0 Å². The number of nitrogens with one attached hydrogen (secondary N) is 3. The van der Waals surface area contributed by atoms with Gasteiger partial charge in [-0.3, -0.25) is 0 Å². The Morgan fingerprint density at radius 2 is 1.07 bits per heavy atom. The normalized spacial score (nSPS) is 17.4. The van der Waals surface area contributed by atoms with Crippen molar-refractivity contribution in [1.82, 2.24) is 16.0 Å². The van der Waals surface area contributed by atoms with Gasteiger partial charge in [0.1, 0.15) is 0 Å². The summed E-state index contributed by atoms with van der Waals surface area (Å²) in [4.78, 5) is 0. The minimum Gasteiger partial charge on any atom is -0.317 e. The summed E-state index contributed by atoms with van der Waals surface area (Å²) in [5.74, 6) is 0. The van der Waals surface area contributed by atoms with Crippen LogP contribution < -0.4 is 16.0 Å². The molecular weight excluding hydrogens is 186 g/mol. The summed E-state index contributed by atoms with van der Waals surface area (Å²) in [5.41, 5.74) is 0. The van der Waals surface area contributed by atoms with Crippen molar-refractivity contribution in [2.45, 2.75) is 57.7 Å². The summed E-state index contributed by atoms with van der Waals surface area (Å²) in [6.07, 6.45) is 5.01. The lowest BCUT2D eigenvalue weighted by Gasteiger charge is -2.20. The van der Waals surface area contributed by atoms with Crippen LogP contribution in [0.4, 0.5) is 0 Å². The van der Waals surface area contributed by atoms with Gasteiger partial charge < -0.3 is 16.0 Å². The first-order valence-corrected chi connectivity index (χ1v) is 6.15. The van der Waals surface area contributed by atoms with Gasteiger partial charge in [-0.05, 0) is 60.7 Å². The molecule has 0 fully saturated rings. The summed E-state index contributed by atoms with van der Waals surface area (Å²) in [5, 5.41) is 9.97. The van der Waals surface area contributed by atoms with Gasteiger partial charge in [-0.25, -0.2) is 0 Å². The molecule has 0 amide bonds. The van der Waals surface area contributed by atoms with Crippen molar-refractivity contribution < 1.29 is 0 Å². The quantitative estimate of drug-likeness (QED) is 0.543. The Kier molecular flexibility index (Phi) is 9.06. The van der Waals surface area contributed by atoms with Gasteiger partial charge >= 0.3 is 0 Å². The van der Waals surface area contributed by atoms with Crippen LogP contribution in [0.1, 0.15) is 39.5 Å². The molecule has 0 aliphatic rings. The molecule has 3 nitrogen and oxygen atoms in total. The van der Waals surface area contributed by atoms with Crippen LogP contribution in [-0.4, -0.2) is 39.3 Å². The van der Waals surface area contributed by atoms with Crippen LogP contribution in [-0.2, 0) is 0 Å². The summed E-state index contributed by atoms with van der Waals surface area (Å²) in [7, 11) is 6.13. The van der Waals surface area contributed by atoms with E-state index in [9.17, 15) is 0 Å². The molecular formula is C12H29N3. The van der Waals surface area contributed by atoms with Gasteiger partial charge in [0.15, 0.2) is 0 Å². The molecule has 0 aromatic heterocycles. The van der Waals surface area contributed by atoms with E-state index in [1.807, 2.05) is 14.1 Å². The lowest BCUT2D eigenvalue weighted by atomic mass is 10.0. The highest BCUT2D eigenvalue weighted by atomic mass is 14.9. The van der Waals surface area contributed by atoms with Crippen molar-refractivity contribution in [3.05, 3.63) is 0 Å². The highest BCUT2D eigenvalue weighted by Gasteiger charge is 2.09. The Bertz CT molecular complexity index is 125. The first kappa shape index (κ1) is 14.9. The molecule has 92 valence electrons. The van der Waals surface area contributed by atoms with Crippen LogP contribution in [0.5, 0.6) is 0 Å². The Hall–Kier alpha value is -0.120. The van der Waals surface area contributed by atoms with E-state index in [1.165, 1.54) is 25.7 Å². The van der Waals surface area contributed by atoms with Gasteiger partial charge in [-0.15, -0.1) is 0 Å². The van der Waals surface area contributed by atoms with Gasteiger partial charge in [0.25, 0.3) is 0 Å². The molecule has 0 aliphatic heterocycles. The van der Waals surface area contributed by atoms with E-state index in [-0.39, 0.29) is 0 Å². The molecule has 0 radical (unpaired) electrons. The van der Waals surface area contributed by atoms with E-state index in [4.69, 9.17) is 0 Å². The first-order valence-electron chi connectivity index (χ1n) is 6.15. The summed E-state index contributed by atoms with van der Waals surface area (Å²) in [6.45, 7) is 4.48. The highest BCUT2D eigenvalue weighted by Crippen LogP contribution is 2.08. The van der Waals surface area contributed by atoms with Gasteiger partial charge in [-0.2, -0.15) is 0 Å². The third kappa shape index (κ3) is 7.77. The summed E-state index contributed by atoms with van der Waals surface area (Å²) >= 11 is 0. The Morgan fingerprint density at radius 1 is 0.667 bits per heavy atom. The van der Waals surface area contributed by atoms with Crippen LogP contribution in [0.2, 0.25) is 0 Å². The van der Waals surface area contributed by atoms with Gasteiger partial charge in [0, 0.05) is 18.1 Å². The van der Waals surface area contributed by atoms with Crippen LogP contribution in [0.3, 0.4) is 0 Å². The fourth-order valence-corrected chi connectivity index (χ4v) is 1.62. The molecule has 0 heterocycles. The standard InChI is InChI=1S/C12H29N3/c1-10(13-3)6-8-12(15-5)9-7-11(2)14-4/h10-15H,6-9H2,1-5H3. The molecule has 3 heteroatoms. The van der Waals surface area contributed by atoms with Crippen molar-refractivity contribution in [2.24, 2.45) is 0 Å². The molecule has 0 saturated carbocycles. The van der Waals surface area contributed by atoms with E-state index < -0.39 is 0 Å². The van der Waals surface area contributed by atoms with Gasteiger partial charge in [-0.1, -0.05) is 0 Å². The van der Waals surface area contributed by atoms with E-state index in [0.717, 1.165) is 0 Å². The van der Waals surface area contributed by atoms with Crippen molar-refractivity contribution in [1.29, 1.82) is 0 Å². The van der Waals surface area contributed by atoms with Crippen LogP contribution >= 0.6 is 0 Å². The molecule has 0 spiro atoms. The highest BCUT2D eigenvalue weighted by molar-refractivity contribution is 4.71. The minimum atomic E-state index is 0.627.